The maximum absolute atomic E-state index is 12.6. The molecular weight excluding hydrogens is 368 g/mol. The van der Waals surface area contributed by atoms with Gasteiger partial charge in [0.2, 0.25) is 0 Å². The molecule has 1 saturated carbocycles. The fraction of sp³-hybridized carbons (Fsp3) is 0.318. The van der Waals surface area contributed by atoms with Crippen molar-refractivity contribution >= 4 is 5.91 Å². The average Bonchev–Trinajstić information content (AvgIpc) is 3.47. The second-order valence-electron chi connectivity index (χ2n) is 7.05. The molecule has 0 spiro atoms. The van der Waals surface area contributed by atoms with Crippen molar-refractivity contribution in [3.63, 3.8) is 0 Å². The quantitative estimate of drug-likeness (QED) is 0.666. The number of aromatic nitrogens is 3. The van der Waals surface area contributed by atoms with Gasteiger partial charge in [0.25, 0.3) is 5.91 Å². The highest BCUT2D eigenvalue weighted by Crippen LogP contribution is 2.32. The summed E-state index contributed by atoms with van der Waals surface area (Å²) >= 11 is 0. The number of carbonyl (C=O) groups excluding carboxylic acids is 1. The lowest BCUT2D eigenvalue weighted by atomic mass is 10.1. The van der Waals surface area contributed by atoms with Crippen LogP contribution >= 0.6 is 0 Å². The Morgan fingerprint density at radius 3 is 2.76 bits per heavy atom. The molecule has 1 aliphatic carbocycles. The molecule has 1 fully saturated rings. The van der Waals surface area contributed by atoms with Gasteiger partial charge in [0, 0.05) is 30.7 Å². The van der Waals surface area contributed by atoms with Crippen LogP contribution in [0.25, 0.3) is 5.82 Å². The van der Waals surface area contributed by atoms with Crippen LogP contribution in [-0.2, 0) is 6.54 Å². The molecule has 29 heavy (non-hydrogen) atoms. The lowest BCUT2D eigenvalue weighted by molar-refractivity contribution is 0.0950. The number of pyridine rings is 1. The van der Waals surface area contributed by atoms with E-state index in [-0.39, 0.29) is 12.0 Å². The maximum Gasteiger partial charge on any atom is 0.251 e. The van der Waals surface area contributed by atoms with E-state index >= 15 is 0 Å². The number of ether oxygens (including phenoxy) is 2. The van der Waals surface area contributed by atoms with Gasteiger partial charge in [-0.15, -0.1) is 0 Å². The van der Waals surface area contributed by atoms with Gasteiger partial charge in [-0.05, 0) is 61.6 Å². The number of amides is 1. The van der Waals surface area contributed by atoms with E-state index in [1.54, 1.807) is 36.3 Å². The Morgan fingerprint density at radius 1 is 1.21 bits per heavy atom. The van der Waals surface area contributed by atoms with E-state index in [1.165, 1.54) is 12.8 Å². The molecule has 2 heterocycles. The summed E-state index contributed by atoms with van der Waals surface area (Å²) in [5.41, 5.74) is 1.43. The van der Waals surface area contributed by atoms with E-state index in [0.717, 1.165) is 24.2 Å². The third-order valence-electron chi connectivity index (χ3n) is 5.02. The molecule has 1 aliphatic rings. The van der Waals surface area contributed by atoms with E-state index in [4.69, 9.17) is 9.47 Å². The van der Waals surface area contributed by atoms with Gasteiger partial charge >= 0.3 is 0 Å². The summed E-state index contributed by atoms with van der Waals surface area (Å²) in [7, 11) is 1.59. The molecule has 0 atom stereocenters. The zero-order valence-electron chi connectivity index (χ0n) is 16.4. The van der Waals surface area contributed by atoms with Crippen molar-refractivity contribution in [2.24, 2.45) is 0 Å². The molecule has 1 aromatic carbocycles. The van der Waals surface area contributed by atoms with Crippen molar-refractivity contribution in [2.75, 3.05) is 7.11 Å². The zero-order chi connectivity index (χ0) is 20.1. The van der Waals surface area contributed by atoms with Gasteiger partial charge in [-0.2, -0.15) is 5.10 Å². The minimum Gasteiger partial charge on any atom is -0.493 e. The smallest absolute Gasteiger partial charge is 0.251 e. The Bertz CT molecular complexity index is 949. The minimum atomic E-state index is -0.174. The summed E-state index contributed by atoms with van der Waals surface area (Å²) in [6, 6.07) is 10.9. The molecule has 2 aromatic heterocycles. The predicted molar refractivity (Wildman–Crippen MR) is 108 cm³/mol. The van der Waals surface area contributed by atoms with Crippen LogP contribution < -0.4 is 14.8 Å². The Kier molecular flexibility index (Phi) is 5.74. The van der Waals surface area contributed by atoms with E-state index in [1.807, 2.05) is 30.5 Å². The molecule has 150 valence electrons. The number of rotatable bonds is 7. The van der Waals surface area contributed by atoms with Crippen LogP contribution in [0, 0.1) is 0 Å². The molecule has 3 aromatic rings. The molecule has 7 nitrogen and oxygen atoms in total. The summed E-state index contributed by atoms with van der Waals surface area (Å²) in [6.07, 6.45) is 10.0. The van der Waals surface area contributed by atoms with E-state index in [0.29, 0.717) is 23.6 Å². The molecule has 1 N–H and O–H groups in total. The highest BCUT2D eigenvalue weighted by Gasteiger charge is 2.19. The second kappa shape index (κ2) is 8.77. The summed E-state index contributed by atoms with van der Waals surface area (Å²) in [5.74, 6) is 1.82. The third-order valence-corrected chi connectivity index (χ3v) is 5.02. The summed E-state index contributed by atoms with van der Waals surface area (Å²) in [6.45, 7) is 0.383. The SMILES string of the molecule is COc1cc(C(=O)NCc2ccc(-n3cccn3)nc2)ccc1OC1CCCC1. The van der Waals surface area contributed by atoms with Gasteiger partial charge in [-0.1, -0.05) is 6.07 Å². The Hall–Kier alpha value is -3.35. The molecule has 0 unspecified atom stereocenters. The number of benzene rings is 1. The van der Waals surface area contributed by atoms with Crippen LogP contribution in [0.2, 0.25) is 0 Å². The standard InChI is InChI=1S/C22H24N4O3/c1-28-20-13-17(8-9-19(20)29-18-5-2-3-6-18)22(27)24-15-16-7-10-21(23-14-16)26-12-4-11-25-26/h4,7-14,18H,2-3,5-6,15H2,1H3,(H,24,27). The predicted octanol–water partition coefficient (Wildman–Crippen LogP) is 3.53. The van der Waals surface area contributed by atoms with Crippen molar-refractivity contribution in [3.8, 4) is 17.3 Å². The molecule has 0 aliphatic heterocycles. The van der Waals surface area contributed by atoms with Gasteiger partial charge in [0.1, 0.15) is 0 Å². The molecule has 1 amide bonds. The van der Waals surface area contributed by atoms with E-state index in [9.17, 15) is 4.79 Å². The van der Waals surface area contributed by atoms with Gasteiger partial charge < -0.3 is 14.8 Å². The lowest BCUT2D eigenvalue weighted by Crippen LogP contribution is -2.23. The first-order valence-corrected chi connectivity index (χ1v) is 9.81. The lowest BCUT2D eigenvalue weighted by Gasteiger charge is -2.16. The first-order valence-electron chi connectivity index (χ1n) is 9.81. The fourth-order valence-corrected chi connectivity index (χ4v) is 3.44. The Morgan fingerprint density at radius 2 is 2.07 bits per heavy atom. The van der Waals surface area contributed by atoms with Crippen LogP contribution in [0.5, 0.6) is 11.5 Å². The summed E-state index contributed by atoms with van der Waals surface area (Å²) in [5, 5.41) is 7.06. The molecule has 7 heteroatoms. The van der Waals surface area contributed by atoms with Gasteiger partial charge in [0.15, 0.2) is 17.3 Å². The van der Waals surface area contributed by atoms with Crippen molar-refractivity contribution < 1.29 is 14.3 Å². The van der Waals surface area contributed by atoms with Gasteiger partial charge in [-0.3, -0.25) is 4.79 Å². The van der Waals surface area contributed by atoms with Crippen molar-refractivity contribution in [1.82, 2.24) is 20.1 Å². The molecule has 0 radical (unpaired) electrons. The van der Waals surface area contributed by atoms with E-state index in [2.05, 4.69) is 15.4 Å². The van der Waals surface area contributed by atoms with Crippen LogP contribution in [0.3, 0.4) is 0 Å². The zero-order valence-corrected chi connectivity index (χ0v) is 16.4. The van der Waals surface area contributed by atoms with E-state index < -0.39 is 0 Å². The normalized spacial score (nSPS) is 14.0. The number of nitrogens with one attached hydrogen (secondary N) is 1. The minimum absolute atomic E-state index is 0.174. The van der Waals surface area contributed by atoms with Gasteiger partial charge in [-0.25, -0.2) is 9.67 Å². The number of carbonyl (C=O) groups is 1. The molecule has 0 bridgehead atoms. The highest BCUT2D eigenvalue weighted by atomic mass is 16.5. The Balaban J connectivity index is 1.37. The van der Waals surface area contributed by atoms with Crippen molar-refractivity contribution in [1.29, 1.82) is 0 Å². The highest BCUT2D eigenvalue weighted by molar-refractivity contribution is 5.94. The number of methoxy groups -OCH3 is 1. The summed E-state index contributed by atoms with van der Waals surface area (Å²) < 4.78 is 13.2. The van der Waals surface area contributed by atoms with Gasteiger partial charge in [0.05, 0.1) is 13.2 Å². The number of hydrogen-bond acceptors (Lipinski definition) is 5. The topological polar surface area (TPSA) is 78.3 Å². The second-order valence-corrected chi connectivity index (χ2v) is 7.05. The molecule has 0 saturated heterocycles. The first-order chi connectivity index (χ1) is 14.2. The van der Waals surface area contributed by atoms with Crippen molar-refractivity contribution in [3.05, 3.63) is 66.1 Å². The van der Waals surface area contributed by atoms with Crippen LogP contribution in [0.4, 0.5) is 0 Å². The fourth-order valence-electron chi connectivity index (χ4n) is 3.44. The molecule has 4 rings (SSSR count). The first kappa shape index (κ1) is 19.0. The largest absolute Gasteiger partial charge is 0.493 e. The third kappa shape index (κ3) is 4.56. The monoisotopic (exact) mass is 392 g/mol. The Labute approximate surface area is 169 Å². The van der Waals surface area contributed by atoms with Crippen LogP contribution in [0.15, 0.2) is 55.0 Å². The van der Waals surface area contributed by atoms with Crippen LogP contribution in [-0.4, -0.2) is 33.9 Å². The average molecular weight is 392 g/mol. The summed E-state index contributed by atoms with van der Waals surface area (Å²) in [4.78, 5) is 16.9. The van der Waals surface area contributed by atoms with Crippen molar-refractivity contribution in [2.45, 2.75) is 38.3 Å². The number of nitrogens with zero attached hydrogens (tertiary/aromatic N) is 3. The maximum atomic E-state index is 12.6. The number of hydrogen-bond donors (Lipinski definition) is 1. The molecular formula is C22H24N4O3. The van der Waals surface area contributed by atoms with Crippen LogP contribution in [0.1, 0.15) is 41.6 Å².